The van der Waals surface area contributed by atoms with Crippen molar-refractivity contribution in [2.45, 2.75) is 6.18 Å². The lowest BCUT2D eigenvalue weighted by atomic mass is 10.3. The standard InChI is InChI=1S/C10H9F3N2/c11-10(12,13)8-15(7-6-14)9-4-2-1-3-5-9/h1-5H,7-8H2. The zero-order valence-corrected chi connectivity index (χ0v) is 7.83. The zero-order valence-electron chi connectivity index (χ0n) is 7.83. The molecule has 0 N–H and O–H groups in total. The number of hydrogen-bond donors (Lipinski definition) is 0. The van der Waals surface area contributed by atoms with Gasteiger partial charge in [0, 0.05) is 5.69 Å². The van der Waals surface area contributed by atoms with Gasteiger partial charge in [-0.1, -0.05) is 18.2 Å². The highest BCUT2D eigenvalue weighted by Crippen LogP contribution is 2.21. The molecule has 0 spiro atoms. The average Bonchev–Trinajstić information content (AvgIpc) is 2.17. The maximum Gasteiger partial charge on any atom is 0.405 e. The minimum atomic E-state index is -4.30. The van der Waals surface area contributed by atoms with Crippen molar-refractivity contribution in [1.29, 1.82) is 5.26 Å². The number of alkyl halides is 3. The highest BCUT2D eigenvalue weighted by molar-refractivity contribution is 5.47. The summed E-state index contributed by atoms with van der Waals surface area (Å²) in [5.41, 5.74) is 0.399. The van der Waals surface area contributed by atoms with Gasteiger partial charge in [0.05, 0.1) is 6.07 Å². The Morgan fingerprint density at radius 1 is 1.20 bits per heavy atom. The van der Waals surface area contributed by atoms with Gasteiger partial charge < -0.3 is 4.90 Å². The lowest BCUT2D eigenvalue weighted by Crippen LogP contribution is -2.34. The van der Waals surface area contributed by atoms with Gasteiger partial charge in [-0.25, -0.2) is 0 Å². The summed E-state index contributed by atoms with van der Waals surface area (Å²) in [4.78, 5) is 0.986. The molecular weight excluding hydrogens is 205 g/mol. The van der Waals surface area contributed by atoms with E-state index >= 15 is 0 Å². The molecule has 0 fully saturated rings. The average molecular weight is 214 g/mol. The Morgan fingerprint density at radius 3 is 2.27 bits per heavy atom. The second-order valence-electron chi connectivity index (χ2n) is 2.96. The molecule has 0 amide bonds. The largest absolute Gasteiger partial charge is 0.405 e. The fourth-order valence-corrected chi connectivity index (χ4v) is 1.18. The van der Waals surface area contributed by atoms with Gasteiger partial charge >= 0.3 is 6.18 Å². The highest BCUT2D eigenvalue weighted by Gasteiger charge is 2.30. The number of anilines is 1. The van der Waals surface area contributed by atoms with Crippen LogP contribution in [0.5, 0.6) is 0 Å². The molecule has 0 aliphatic heterocycles. The monoisotopic (exact) mass is 214 g/mol. The van der Waals surface area contributed by atoms with Crippen LogP contribution in [0.2, 0.25) is 0 Å². The van der Waals surface area contributed by atoms with Crippen molar-refractivity contribution in [2.24, 2.45) is 0 Å². The molecule has 1 rings (SSSR count). The van der Waals surface area contributed by atoms with Crippen LogP contribution in [0.1, 0.15) is 0 Å². The van der Waals surface area contributed by atoms with Gasteiger partial charge in [-0.15, -0.1) is 0 Å². The molecule has 0 atom stereocenters. The van der Waals surface area contributed by atoms with Crippen LogP contribution < -0.4 is 4.90 Å². The van der Waals surface area contributed by atoms with E-state index in [1.54, 1.807) is 36.4 Å². The molecular formula is C10H9F3N2. The number of benzene rings is 1. The van der Waals surface area contributed by atoms with Crippen LogP contribution in [0, 0.1) is 11.3 Å². The molecule has 0 aromatic heterocycles. The Hall–Kier alpha value is -1.70. The topological polar surface area (TPSA) is 27.0 Å². The SMILES string of the molecule is N#CCN(CC(F)(F)F)c1ccccc1. The Labute approximate surface area is 85.5 Å². The lowest BCUT2D eigenvalue weighted by molar-refractivity contribution is -0.119. The summed E-state index contributed by atoms with van der Waals surface area (Å²) in [5.74, 6) is 0. The molecule has 0 bridgehead atoms. The van der Waals surface area contributed by atoms with Crippen LogP contribution >= 0.6 is 0 Å². The minimum Gasteiger partial charge on any atom is -0.349 e. The van der Waals surface area contributed by atoms with Gasteiger partial charge in [-0.3, -0.25) is 0 Å². The lowest BCUT2D eigenvalue weighted by Gasteiger charge is -2.22. The van der Waals surface area contributed by atoms with Crippen molar-refractivity contribution < 1.29 is 13.2 Å². The second-order valence-corrected chi connectivity index (χ2v) is 2.96. The van der Waals surface area contributed by atoms with Crippen LogP contribution in [0.25, 0.3) is 0 Å². The van der Waals surface area contributed by atoms with Gasteiger partial charge in [0.1, 0.15) is 13.1 Å². The minimum absolute atomic E-state index is 0.274. The first-order valence-corrected chi connectivity index (χ1v) is 4.26. The van der Waals surface area contributed by atoms with Crippen LogP contribution in [-0.2, 0) is 0 Å². The Balaban J connectivity index is 2.80. The predicted molar refractivity (Wildman–Crippen MR) is 50.3 cm³/mol. The first kappa shape index (κ1) is 11.4. The molecule has 0 saturated heterocycles. The van der Waals surface area contributed by atoms with Gasteiger partial charge in [0.15, 0.2) is 0 Å². The molecule has 15 heavy (non-hydrogen) atoms. The summed E-state index contributed by atoms with van der Waals surface area (Å²) in [7, 11) is 0. The first-order valence-electron chi connectivity index (χ1n) is 4.26. The van der Waals surface area contributed by atoms with E-state index in [9.17, 15) is 13.2 Å². The maximum atomic E-state index is 12.2. The molecule has 0 saturated carbocycles. The van der Waals surface area contributed by atoms with Crippen molar-refractivity contribution in [3.63, 3.8) is 0 Å². The fourth-order valence-electron chi connectivity index (χ4n) is 1.18. The number of nitrogens with zero attached hydrogens (tertiary/aromatic N) is 2. The number of rotatable bonds is 3. The van der Waals surface area contributed by atoms with Crippen LogP contribution in [-0.4, -0.2) is 19.3 Å². The van der Waals surface area contributed by atoms with E-state index in [1.165, 1.54) is 0 Å². The molecule has 1 aromatic carbocycles. The molecule has 0 aliphatic carbocycles. The van der Waals surface area contributed by atoms with Gasteiger partial charge in [0.2, 0.25) is 0 Å². The van der Waals surface area contributed by atoms with Crippen LogP contribution in [0.4, 0.5) is 18.9 Å². The molecule has 80 valence electrons. The summed E-state index contributed by atoms with van der Waals surface area (Å²) in [5, 5.41) is 8.44. The third-order valence-corrected chi connectivity index (χ3v) is 1.75. The van der Waals surface area contributed by atoms with E-state index in [0.717, 1.165) is 4.90 Å². The van der Waals surface area contributed by atoms with E-state index in [0.29, 0.717) is 5.69 Å². The molecule has 0 heterocycles. The molecule has 2 nitrogen and oxygen atoms in total. The van der Waals surface area contributed by atoms with Gasteiger partial charge in [-0.05, 0) is 12.1 Å². The molecule has 1 aromatic rings. The third kappa shape index (κ3) is 3.90. The van der Waals surface area contributed by atoms with Crippen molar-refractivity contribution in [1.82, 2.24) is 0 Å². The van der Waals surface area contributed by atoms with Crippen molar-refractivity contribution >= 4 is 5.69 Å². The summed E-state index contributed by atoms with van der Waals surface area (Å²) in [6.45, 7) is -1.38. The highest BCUT2D eigenvalue weighted by atomic mass is 19.4. The molecule has 0 unspecified atom stereocenters. The summed E-state index contributed by atoms with van der Waals surface area (Å²) < 4.78 is 36.5. The normalized spacial score (nSPS) is 10.8. The Morgan fingerprint density at radius 2 is 1.80 bits per heavy atom. The van der Waals surface area contributed by atoms with E-state index in [1.807, 2.05) is 0 Å². The van der Waals surface area contributed by atoms with Crippen molar-refractivity contribution in [3.05, 3.63) is 30.3 Å². The van der Waals surface area contributed by atoms with Gasteiger partial charge in [-0.2, -0.15) is 18.4 Å². The molecule has 5 heteroatoms. The van der Waals surface area contributed by atoms with Crippen molar-refractivity contribution in [2.75, 3.05) is 18.0 Å². The third-order valence-electron chi connectivity index (χ3n) is 1.75. The number of para-hydroxylation sites is 1. The maximum absolute atomic E-state index is 12.2. The van der Waals surface area contributed by atoms with Gasteiger partial charge in [0.25, 0.3) is 0 Å². The smallest absolute Gasteiger partial charge is 0.349 e. The molecule has 0 radical (unpaired) electrons. The summed E-state index contributed by atoms with van der Waals surface area (Å²) in [6, 6.07) is 9.78. The van der Waals surface area contributed by atoms with E-state index in [4.69, 9.17) is 5.26 Å². The second kappa shape index (κ2) is 4.69. The fraction of sp³-hybridized carbons (Fsp3) is 0.300. The van der Waals surface area contributed by atoms with Crippen LogP contribution in [0.3, 0.4) is 0 Å². The zero-order chi connectivity index (χ0) is 11.3. The summed E-state index contributed by atoms with van der Waals surface area (Å²) >= 11 is 0. The number of halogens is 3. The van der Waals surface area contributed by atoms with E-state index < -0.39 is 12.7 Å². The summed E-state index contributed by atoms with van der Waals surface area (Å²) in [6.07, 6.45) is -4.30. The Bertz CT molecular complexity index is 340. The molecule has 0 aliphatic rings. The number of nitriles is 1. The quantitative estimate of drug-likeness (QED) is 0.723. The van der Waals surface area contributed by atoms with E-state index in [-0.39, 0.29) is 6.54 Å². The van der Waals surface area contributed by atoms with Crippen molar-refractivity contribution in [3.8, 4) is 6.07 Å². The predicted octanol–water partition coefficient (Wildman–Crippen LogP) is 2.58. The van der Waals surface area contributed by atoms with Crippen LogP contribution in [0.15, 0.2) is 30.3 Å². The van der Waals surface area contributed by atoms with E-state index in [2.05, 4.69) is 0 Å². The Kier molecular flexibility index (Phi) is 3.56. The first-order chi connectivity index (χ1) is 7.03. The number of hydrogen-bond acceptors (Lipinski definition) is 2.